The molecule has 3 aromatic carbocycles. The molecular weight excluding hydrogens is 291 g/mol. The smallest absolute Gasteiger partial charge is 0.171 e. The van der Waals surface area contributed by atoms with E-state index >= 15 is 0 Å². The lowest BCUT2D eigenvalue weighted by Gasteiger charge is -2.19. The number of hydrogen-bond donors (Lipinski definition) is 1. The van der Waals surface area contributed by atoms with Crippen LogP contribution in [0.5, 0.6) is 5.75 Å². The van der Waals surface area contributed by atoms with Crippen molar-refractivity contribution in [2.24, 2.45) is 0 Å². The van der Waals surface area contributed by atoms with Gasteiger partial charge in [0, 0.05) is 15.9 Å². The van der Waals surface area contributed by atoms with Gasteiger partial charge in [-0.15, -0.1) is 0 Å². The van der Waals surface area contributed by atoms with Gasteiger partial charge in [0.25, 0.3) is 0 Å². The number of aromatic hydroxyl groups is 1. The van der Waals surface area contributed by atoms with Crippen molar-refractivity contribution in [1.82, 2.24) is 0 Å². The number of rotatable bonds is 3. The van der Waals surface area contributed by atoms with Gasteiger partial charge in [-0.2, -0.15) is 0 Å². The van der Waals surface area contributed by atoms with E-state index in [1.54, 1.807) is 24.3 Å². The molecule has 0 heterocycles. The Hall–Kier alpha value is -2.31. The maximum Gasteiger partial charge on any atom is 0.171 e. The molecule has 0 bridgehead atoms. The van der Waals surface area contributed by atoms with Gasteiger partial charge < -0.3 is 9.67 Å². The van der Waals surface area contributed by atoms with E-state index in [0.717, 1.165) is 15.9 Å². The highest BCUT2D eigenvalue weighted by Gasteiger charge is 2.29. The molecule has 0 aliphatic rings. The molecule has 0 aromatic heterocycles. The fraction of sp³-hybridized carbons (Fsp3) is 0.0526. The molecule has 0 aliphatic carbocycles. The van der Waals surface area contributed by atoms with E-state index in [-0.39, 0.29) is 13.2 Å². The summed E-state index contributed by atoms with van der Waals surface area (Å²) in [6.07, 6.45) is 0. The molecule has 2 nitrogen and oxygen atoms in total. The van der Waals surface area contributed by atoms with Gasteiger partial charge in [-0.3, -0.25) is 0 Å². The molecule has 3 heteroatoms. The number of phenols is 1. The Bertz CT molecular complexity index is 722. The maximum absolute atomic E-state index is 13.8. The van der Waals surface area contributed by atoms with Gasteiger partial charge in [0.05, 0.1) is 0 Å². The van der Waals surface area contributed by atoms with E-state index in [9.17, 15) is 9.67 Å². The van der Waals surface area contributed by atoms with E-state index < -0.39 is 7.14 Å². The highest BCUT2D eigenvalue weighted by atomic mass is 31.2. The summed E-state index contributed by atoms with van der Waals surface area (Å²) in [5.41, 5.74) is 0. The maximum atomic E-state index is 13.8. The zero-order valence-corrected chi connectivity index (χ0v) is 12.3. The summed E-state index contributed by atoms with van der Waals surface area (Å²) in [5, 5.41) is 11.8. The summed E-state index contributed by atoms with van der Waals surface area (Å²) in [7, 11) is -2.91. The standard InChI is InChI=1S/C18H15O2P.CH4/c19-15-11-13-18(14-12-15)21(20,16-7-3-1-4-8-16)17-9-5-2-6-10-17;/h1-14,19H;1H4. The molecule has 0 saturated carbocycles. The summed E-state index contributed by atoms with van der Waals surface area (Å²) in [4.78, 5) is 0. The van der Waals surface area contributed by atoms with Crippen molar-refractivity contribution in [2.75, 3.05) is 0 Å². The fourth-order valence-corrected chi connectivity index (χ4v) is 5.03. The lowest BCUT2D eigenvalue weighted by Crippen LogP contribution is -2.24. The van der Waals surface area contributed by atoms with Crippen LogP contribution in [0.3, 0.4) is 0 Å². The molecule has 0 atom stereocenters. The van der Waals surface area contributed by atoms with Crippen LogP contribution < -0.4 is 15.9 Å². The van der Waals surface area contributed by atoms with Gasteiger partial charge >= 0.3 is 0 Å². The van der Waals surface area contributed by atoms with Gasteiger partial charge in [0.15, 0.2) is 7.14 Å². The summed E-state index contributed by atoms with van der Waals surface area (Å²) in [6.45, 7) is 0. The molecule has 112 valence electrons. The Morgan fingerprint density at radius 2 is 0.955 bits per heavy atom. The van der Waals surface area contributed by atoms with Crippen LogP contribution in [0.4, 0.5) is 0 Å². The quantitative estimate of drug-likeness (QED) is 0.750. The first-order chi connectivity index (χ1) is 10.2. The Kier molecular flexibility index (Phi) is 4.85. The van der Waals surface area contributed by atoms with Crippen LogP contribution in [0.1, 0.15) is 7.43 Å². The van der Waals surface area contributed by atoms with Crippen molar-refractivity contribution >= 4 is 23.1 Å². The largest absolute Gasteiger partial charge is 0.508 e. The Balaban J connectivity index is 0.00000176. The van der Waals surface area contributed by atoms with Gasteiger partial charge in [0.2, 0.25) is 0 Å². The molecule has 0 radical (unpaired) electrons. The SMILES string of the molecule is C.O=P(c1ccccc1)(c1ccccc1)c1ccc(O)cc1. The first-order valence-corrected chi connectivity index (χ1v) is 8.43. The average Bonchev–Trinajstić information content (AvgIpc) is 2.56. The van der Waals surface area contributed by atoms with Crippen LogP contribution in [0.25, 0.3) is 0 Å². The molecule has 0 fully saturated rings. The third kappa shape index (κ3) is 2.84. The van der Waals surface area contributed by atoms with Crippen molar-refractivity contribution in [3.8, 4) is 5.75 Å². The van der Waals surface area contributed by atoms with E-state index in [0.29, 0.717) is 0 Å². The van der Waals surface area contributed by atoms with Gasteiger partial charge in [-0.25, -0.2) is 0 Å². The summed E-state index contributed by atoms with van der Waals surface area (Å²) in [6, 6.07) is 25.6. The molecule has 0 aliphatic heterocycles. The van der Waals surface area contributed by atoms with E-state index in [1.807, 2.05) is 60.7 Å². The third-order valence-corrected chi connectivity index (χ3v) is 6.53. The zero-order chi connectivity index (χ0) is 14.7. The van der Waals surface area contributed by atoms with Gasteiger partial charge in [-0.1, -0.05) is 68.1 Å². The second-order valence-electron chi connectivity index (χ2n) is 4.80. The van der Waals surface area contributed by atoms with E-state index in [2.05, 4.69) is 0 Å². The number of benzene rings is 3. The summed E-state index contributed by atoms with van der Waals surface area (Å²) < 4.78 is 13.8. The highest BCUT2D eigenvalue weighted by Crippen LogP contribution is 2.42. The monoisotopic (exact) mass is 310 g/mol. The summed E-state index contributed by atoms with van der Waals surface area (Å²) in [5.74, 6) is 0.173. The van der Waals surface area contributed by atoms with E-state index in [1.165, 1.54) is 0 Å². The van der Waals surface area contributed by atoms with Crippen LogP contribution in [-0.4, -0.2) is 5.11 Å². The topological polar surface area (TPSA) is 37.3 Å². The molecule has 3 rings (SSSR count). The minimum Gasteiger partial charge on any atom is -0.508 e. The summed E-state index contributed by atoms with van der Waals surface area (Å²) >= 11 is 0. The van der Waals surface area contributed by atoms with Crippen LogP contribution in [0.2, 0.25) is 0 Å². The second-order valence-corrected chi connectivity index (χ2v) is 7.56. The predicted molar refractivity (Wildman–Crippen MR) is 94.2 cm³/mol. The Morgan fingerprint density at radius 3 is 1.36 bits per heavy atom. The van der Waals surface area contributed by atoms with Crippen molar-refractivity contribution in [2.45, 2.75) is 7.43 Å². The lowest BCUT2D eigenvalue weighted by molar-refractivity contribution is 0.475. The van der Waals surface area contributed by atoms with Crippen LogP contribution in [0.15, 0.2) is 84.9 Å². The first kappa shape index (κ1) is 16.1. The molecule has 1 N–H and O–H groups in total. The molecule has 3 aromatic rings. The van der Waals surface area contributed by atoms with Crippen molar-refractivity contribution in [1.29, 1.82) is 0 Å². The minimum atomic E-state index is -2.91. The minimum absolute atomic E-state index is 0. The van der Waals surface area contributed by atoms with Gasteiger partial charge in [0.1, 0.15) is 5.75 Å². The third-order valence-electron chi connectivity index (χ3n) is 3.45. The van der Waals surface area contributed by atoms with E-state index in [4.69, 9.17) is 0 Å². The first-order valence-electron chi connectivity index (χ1n) is 6.72. The van der Waals surface area contributed by atoms with Crippen LogP contribution in [-0.2, 0) is 4.57 Å². The molecular formula is C19H19O2P. The highest BCUT2D eigenvalue weighted by molar-refractivity contribution is 7.85. The number of phenolic OH excluding ortho intramolecular Hbond substituents is 1. The molecule has 0 unspecified atom stereocenters. The molecule has 0 amide bonds. The predicted octanol–water partition coefficient (Wildman–Crippen LogP) is 3.67. The van der Waals surface area contributed by atoms with Crippen LogP contribution in [0, 0.1) is 0 Å². The Labute approximate surface area is 131 Å². The fourth-order valence-electron chi connectivity index (χ4n) is 2.39. The van der Waals surface area contributed by atoms with Crippen molar-refractivity contribution < 1.29 is 9.67 Å². The molecule has 22 heavy (non-hydrogen) atoms. The second kappa shape index (κ2) is 6.64. The van der Waals surface area contributed by atoms with Gasteiger partial charge in [-0.05, 0) is 24.3 Å². The lowest BCUT2D eigenvalue weighted by atomic mass is 10.3. The Morgan fingerprint density at radius 1 is 0.591 bits per heavy atom. The molecule has 0 spiro atoms. The molecule has 0 saturated heterocycles. The van der Waals surface area contributed by atoms with Crippen molar-refractivity contribution in [3.63, 3.8) is 0 Å². The van der Waals surface area contributed by atoms with Crippen molar-refractivity contribution in [3.05, 3.63) is 84.9 Å². The van der Waals surface area contributed by atoms with Crippen LogP contribution >= 0.6 is 7.14 Å². The zero-order valence-electron chi connectivity index (χ0n) is 11.4. The normalized spacial score (nSPS) is 10.7. The average molecular weight is 310 g/mol. The number of hydrogen-bond acceptors (Lipinski definition) is 2.